The average molecular weight is 728 g/mol. The molecule has 0 fully saturated rings. The maximum Gasteiger partial charge on any atom is 0.235 e. The van der Waals surface area contributed by atoms with E-state index in [0.717, 1.165) is 67.0 Å². The molecule has 5 heteroatoms. The second kappa shape index (κ2) is 12.4. The molecule has 5 nitrogen and oxygen atoms in total. The van der Waals surface area contributed by atoms with Crippen LogP contribution < -0.4 is 0 Å². The molecule has 266 valence electrons. The smallest absolute Gasteiger partial charge is 0.235 e. The summed E-state index contributed by atoms with van der Waals surface area (Å²) >= 11 is 0. The lowest BCUT2D eigenvalue weighted by Crippen LogP contribution is -2.05. The van der Waals surface area contributed by atoms with E-state index in [4.69, 9.17) is 9.97 Å². The molecule has 0 aliphatic heterocycles. The van der Waals surface area contributed by atoms with Gasteiger partial charge in [-0.05, 0) is 54.6 Å². The van der Waals surface area contributed by atoms with Gasteiger partial charge in [-0.3, -0.25) is 4.57 Å². The third kappa shape index (κ3) is 4.69. The normalized spacial score (nSPS) is 11.9. The number of aromatic nitrogens is 5. The van der Waals surface area contributed by atoms with Gasteiger partial charge < -0.3 is 9.13 Å². The van der Waals surface area contributed by atoms with Crippen LogP contribution in [0.15, 0.2) is 200 Å². The first-order chi connectivity index (χ1) is 28.3. The van der Waals surface area contributed by atoms with Crippen LogP contribution in [0.25, 0.3) is 105 Å². The van der Waals surface area contributed by atoms with Crippen molar-refractivity contribution in [2.24, 2.45) is 0 Å². The van der Waals surface area contributed by atoms with Gasteiger partial charge >= 0.3 is 0 Å². The van der Waals surface area contributed by atoms with Gasteiger partial charge in [-0.15, -0.1) is 0 Å². The molecule has 4 aromatic heterocycles. The van der Waals surface area contributed by atoms with Gasteiger partial charge in [0, 0.05) is 54.8 Å². The van der Waals surface area contributed by atoms with E-state index in [-0.39, 0.29) is 0 Å². The average Bonchev–Trinajstić information content (AvgIpc) is 3.93. The minimum absolute atomic E-state index is 0.624. The van der Waals surface area contributed by atoms with Crippen LogP contribution in [-0.2, 0) is 0 Å². The molecule has 0 aliphatic rings. The Labute approximate surface area is 328 Å². The van der Waals surface area contributed by atoms with E-state index in [0.29, 0.717) is 5.95 Å². The van der Waals surface area contributed by atoms with E-state index in [1.54, 1.807) is 0 Å². The summed E-state index contributed by atoms with van der Waals surface area (Å²) in [6.07, 6.45) is 0. The van der Waals surface area contributed by atoms with Crippen molar-refractivity contribution in [1.82, 2.24) is 23.7 Å². The molecule has 0 unspecified atom stereocenters. The summed E-state index contributed by atoms with van der Waals surface area (Å²) in [7, 11) is 0. The summed E-state index contributed by atoms with van der Waals surface area (Å²) in [4.78, 5) is 11.1. The minimum Gasteiger partial charge on any atom is -0.309 e. The molecule has 0 spiro atoms. The van der Waals surface area contributed by atoms with E-state index in [2.05, 4.69) is 214 Å². The fraction of sp³-hybridized carbons (Fsp3) is 0. The monoisotopic (exact) mass is 727 g/mol. The zero-order valence-corrected chi connectivity index (χ0v) is 30.8. The van der Waals surface area contributed by atoms with Crippen LogP contribution in [0.5, 0.6) is 0 Å². The Kier molecular flexibility index (Phi) is 6.86. The Hall–Kier alpha value is -7.76. The molecule has 0 saturated heterocycles. The summed E-state index contributed by atoms with van der Waals surface area (Å²) in [6, 6.07) is 71.2. The summed E-state index contributed by atoms with van der Waals surface area (Å²) in [5.41, 5.74) is 12.6. The van der Waals surface area contributed by atoms with Gasteiger partial charge in [0.2, 0.25) is 5.95 Å². The molecular formula is C52H33N5. The molecule has 0 saturated carbocycles. The molecule has 0 aliphatic carbocycles. The zero-order chi connectivity index (χ0) is 37.5. The summed E-state index contributed by atoms with van der Waals surface area (Å²) in [5, 5.41) is 7.09. The molecule has 0 atom stereocenters. The Morgan fingerprint density at radius 2 is 0.614 bits per heavy atom. The van der Waals surface area contributed by atoms with E-state index in [9.17, 15) is 0 Å². The molecule has 12 aromatic rings. The molecule has 0 radical (unpaired) electrons. The Morgan fingerprint density at radius 3 is 1.04 bits per heavy atom. The summed E-state index contributed by atoms with van der Waals surface area (Å²) in [6.45, 7) is 0. The summed E-state index contributed by atoms with van der Waals surface area (Å²) < 4.78 is 7.00. The van der Waals surface area contributed by atoms with Gasteiger partial charge in [0.05, 0.1) is 44.5 Å². The largest absolute Gasteiger partial charge is 0.309 e. The van der Waals surface area contributed by atoms with E-state index >= 15 is 0 Å². The van der Waals surface area contributed by atoms with Crippen molar-refractivity contribution in [3.8, 4) is 39.8 Å². The van der Waals surface area contributed by atoms with Crippen LogP contribution in [0.3, 0.4) is 0 Å². The van der Waals surface area contributed by atoms with E-state index in [1.807, 2.05) is 0 Å². The Morgan fingerprint density at radius 1 is 0.281 bits per heavy atom. The highest BCUT2D eigenvalue weighted by Gasteiger charge is 2.23. The minimum atomic E-state index is 0.624. The number of hydrogen-bond donors (Lipinski definition) is 0. The maximum absolute atomic E-state index is 5.56. The number of benzene rings is 8. The van der Waals surface area contributed by atoms with Gasteiger partial charge in [0.15, 0.2) is 0 Å². The standard InChI is InChI=1S/C52H33N5/c1-3-17-34(18-4-1)55-46-29-11-9-23-38(46)40-25-15-27-42(50(40)55)44-33-45(54-52(53-44)57-48-31-13-7-21-36(48)37-22-8-14-32-49(37)57)43-28-16-26-41-39-24-10-12-30-47(39)56(51(41)43)35-19-5-2-6-20-35/h1-33H. The van der Waals surface area contributed by atoms with Gasteiger partial charge in [0.25, 0.3) is 0 Å². The third-order valence-corrected chi connectivity index (χ3v) is 11.5. The molecule has 0 bridgehead atoms. The molecule has 12 rings (SSSR count). The van der Waals surface area contributed by atoms with Crippen LogP contribution in [0.4, 0.5) is 0 Å². The van der Waals surface area contributed by atoms with Gasteiger partial charge in [-0.1, -0.05) is 146 Å². The molecule has 0 amide bonds. The Balaban J connectivity index is 1.23. The quantitative estimate of drug-likeness (QED) is 0.177. The van der Waals surface area contributed by atoms with Crippen molar-refractivity contribution in [1.29, 1.82) is 0 Å². The van der Waals surface area contributed by atoms with E-state index in [1.165, 1.54) is 32.3 Å². The predicted molar refractivity (Wildman–Crippen MR) is 236 cm³/mol. The number of hydrogen-bond acceptors (Lipinski definition) is 2. The van der Waals surface area contributed by atoms with Gasteiger partial charge in [0.1, 0.15) is 0 Å². The fourth-order valence-corrected chi connectivity index (χ4v) is 9.09. The highest BCUT2D eigenvalue weighted by atomic mass is 15.2. The first-order valence-corrected chi connectivity index (χ1v) is 19.4. The summed E-state index contributed by atoms with van der Waals surface area (Å²) in [5.74, 6) is 0.624. The molecule has 0 N–H and O–H groups in total. The van der Waals surface area contributed by atoms with Gasteiger partial charge in [-0.2, -0.15) is 0 Å². The van der Waals surface area contributed by atoms with Crippen LogP contribution in [0, 0.1) is 0 Å². The predicted octanol–water partition coefficient (Wildman–Crippen LogP) is 13.1. The lowest BCUT2D eigenvalue weighted by molar-refractivity contribution is 0.995. The van der Waals surface area contributed by atoms with Crippen molar-refractivity contribution in [2.45, 2.75) is 0 Å². The molecule has 57 heavy (non-hydrogen) atoms. The lowest BCUT2D eigenvalue weighted by Gasteiger charge is -2.15. The second-order valence-electron chi connectivity index (χ2n) is 14.6. The SMILES string of the molecule is c1ccc(-n2c3ccccc3c3cccc(-c4cc(-c5cccc6c7ccccc7n(-c7ccccc7)c56)nc(-n5c6ccccc6c6ccccc65)n4)c32)cc1. The second-order valence-corrected chi connectivity index (χ2v) is 14.6. The fourth-order valence-electron chi connectivity index (χ4n) is 9.09. The van der Waals surface area contributed by atoms with Crippen LogP contribution in [0.1, 0.15) is 0 Å². The van der Waals surface area contributed by atoms with Gasteiger partial charge in [-0.25, -0.2) is 9.97 Å². The zero-order valence-electron chi connectivity index (χ0n) is 30.8. The maximum atomic E-state index is 5.56. The molecular weight excluding hydrogens is 695 g/mol. The van der Waals surface area contributed by atoms with Crippen molar-refractivity contribution >= 4 is 65.4 Å². The number of fused-ring (bicyclic) bond motifs is 9. The molecule has 4 heterocycles. The third-order valence-electron chi connectivity index (χ3n) is 11.5. The molecule has 8 aromatic carbocycles. The van der Waals surface area contributed by atoms with Crippen molar-refractivity contribution < 1.29 is 0 Å². The van der Waals surface area contributed by atoms with E-state index < -0.39 is 0 Å². The number of para-hydroxylation sites is 8. The lowest BCUT2D eigenvalue weighted by atomic mass is 10.0. The Bertz CT molecular complexity index is 3290. The topological polar surface area (TPSA) is 40.6 Å². The van der Waals surface area contributed by atoms with Crippen LogP contribution in [0.2, 0.25) is 0 Å². The van der Waals surface area contributed by atoms with Crippen LogP contribution >= 0.6 is 0 Å². The number of nitrogens with zero attached hydrogens (tertiary/aromatic N) is 5. The van der Waals surface area contributed by atoms with Crippen LogP contribution in [-0.4, -0.2) is 23.7 Å². The number of rotatable bonds is 5. The van der Waals surface area contributed by atoms with Crippen molar-refractivity contribution in [3.63, 3.8) is 0 Å². The first-order valence-electron chi connectivity index (χ1n) is 19.4. The van der Waals surface area contributed by atoms with Crippen molar-refractivity contribution in [3.05, 3.63) is 200 Å². The highest BCUT2D eigenvalue weighted by Crippen LogP contribution is 2.42. The van der Waals surface area contributed by atoms with Crippen molar-refractivity contribution in [2.75, 3.05) is 0 Å². The highest BCUT2D eigenvalue weighted by molar-refractivity contribution is 6.15. The first kappa shape index (κ1) is 31.6.